The van der Waals surface area contributed by atoms with Crippen molar-refractivity contribution in [2.75, 3.05) is 0 Å². The first-order valence-electron chi connectivity index (χ1n) is 6.79. The molecule has 0 amide bonds. The third-order valence-electron chi connectivity index (χ3n) is 3.77. The maximum Gasteiger partial charge on any atom is 0.200 e. The smallest absolute Gasteiger partial charge is 0.200 e. The van der Waals surface area contributed by atoms with E-state index in [1.165, 1.54) is 12.1 Å². The maximum atomic E-state index is 10.3. The van der Waals surface area contributed by atoms with Gasteiger partial charge in [-0.2, -0.15) is 0 Å². The minimum absolute atomic E-state index is 0.0592. The first kappa shape index (κ1) is 14.3. The summed E-state index contributed by atoms with van der Waals surface area (Å²) in [5, 5.41) is 48.8. The fraction of sp³-hybridized carbons (Fsp3) is 0.250. The van der Waals surface area contributed by atoms with Crippen LogP contribution in [-0.4, -0.2) is 31.6 Å². The lowest BCUT2D eigenvalue weighted by Gasteiger charge is -2.31. The zero-order chi connectivity index (χ0) is 16.0. The van der Waals surface area contributed by atoms with Crippen molar-refractivity contribution in [3.63, 3.8) is 0 Å². The van der Waals surface area contributed by atoms with E-state index in [0.29, 0.717) is 16.9 Å². The Hall–Kier alpha value is -2.60. The highest BCUT2D eigenvalue weighted by Gasteiger charge is 2.32. The van der Waals surface area contributed by atoms with Gasteiger partial charge in [-0.1, -0.05) is 0 Å². The third kappa shape index (κ3) is 2.27. The van der Waals surface area contributed by atoms with Crippen LogP contribution < -0.4 is 4.74 Å². The molecule has 0 bridgehead atoms. The molecule has 1 aliphatic rings. The van der Waals surface area contributed by atoms with Gasteiger partial charge in [-0.15, -0.1) is 0 Å². The number of ether oxygens (including phenoxy) is 1. The van der Waals surface area contributed by atoms with Gasteiger partial charge in [0, 0.05) is 17.5 Å². The number of phenolic OH excluding ortho intramolecular Hbond substituents is 4. The minimum Gasteiger partial charge on any atom is -0.508 e. The van der Waals surface area contributed by atoms with Crippen molar-refractivity contribution >= 4 is 0 Å². The fourth-order valence-corrected chi connectivity index (χ4v) is 2.69. The Morgan fingerprint density at radius 1 is 0.955 bits per heavy atom. The number of aliphatic hydroxyl groups is 1. The molecular formula is C16H16O6. The summed E-state index contributed by atoms with van der Waals surface area (Å²) < 4.78 is 5.73. The molecule has 0 saturated heterocycles. The van der Waals surface area contributed by atoms with E-state index in [2.05, 4.69) is 0 Å². The van der Waals surface area contributed by atoms with Crippen LogP contribution in [0.3, 0.4) is 0 Å². The highest BCUT2D eigenvalue weighted by atomic mass is 16.5. The Bertz CT molecular complexity index is 717. The van der Waals surface area contributed by atoms with Crippen LogP contribution in [0.25, 0.3) is 0 Å². The van der Waals surface area contributed by atoms with Gasteiger partial charge in [0.1, 0.15) is 11.5 Å². The van der Waals surface area contributed by atoms with Gasteiger partial charge in [0.05, 0.1) is 6.10 Å². The molecule has 1 aliphatic heterocycles. The Kier molecular flexibility index (Phi) is 3.26. The van der Waals surface area contributed by atoms with E-state index in [0.717, 1.165) is 5.56 Å². The summed E-state index contributed by atoms with van der Waals surface area (Å²) >= 11 is 0. The van der Waals surface area contributed by atoms with Crippen LogP contribution in [0.15, 0.2) is 24.3 Å². The molecule has 2 atom stereocenters. The van der Waals surface area contributed by atoms with E-state index in [1.807, 2.05) is 6.92 Å². The standard InChI is InChI=1S/C16H16O6/c1-7-2-10(17)9-6-13(20)16(22-14(9)3-7)8-4-11(18)15(21)12(19)5-8/h2-5,13,16-21H,6H2,1H3. The number of phenols is 4. The Balaban J connectivity index is 2.03. The Labute approximate surface area is 126 Å². The average Bonchev–Trinajstić information content (AvgIpc) is 2.44. The number of hydrogen-bond acceptors (Lipinski definition) is 6. The Morgan fingerprint density at radius 2 is 1.59 bits per heavy atom. The van der Waals surface area contributed by atoms with E-state index >= 15 is 0 Å². The van der Waals surface area contributed by atoms with Crippen LogP contribution in [0.4, 0.5) is 0 Å². The van der Waals surface area contributed by atoms with Crippen LogP contribution >= 0.6 is 0 Å². The highest BCUT2D eigenvalue weighted by molar-refractivity contribution is 5.53. The second-order valence-electron chi connectivity index (χ2n) is 5.48. The molecule has 3 rings (SSSR count). The summed E-state index contributed by atoms with van der Waals surface area (Å²) in [4.78, 5) is 0. The lowest BCUT2D eigenvalue weighted by Crippen LogP contribution is -2.30. The minimum atomic E-state index is -0.968. The molecule has 116 valence electrons. The topological polar surface area (TPSA) is 110 Å². The average molecular weight is 304 g/mol. The van der Waals surface area contributed by atoms with Crippen molar-refractivity contribution in [1.82, 2.24) is 0 Å². The first-order valence-corrected chi connectivity index (χ1v) is 6.79. The third-order valence-corrected chi connectivity index (χ3v) is 3.77. The Morgan fingerprint density at radius 3 is 2.23 bits per heavy atom. The van der Waals surface area contributed by atoms with Crippen LogP contribution in [0.1, 0.15) is 22.8 Å². The number of fused-ring (bicyclic) bond motifs is 1. The number of aliphatic hydroxyl groups excluding tert-OH is 1. The summed E-state index contributed by atoms with van der Waals surface area (Å²) in [6.45, 7) is 1.81. The van der Waals surface area contributed by atoms with Crippen LogP contribution in [0, 0.1) is 6.92 Å². The van der Waals surface area contributed by atoms with Crippen LogP contribution in [0.5, 0.6) is 28.7 Å². The maximum absolute atomic E-state index is 10.3. The van der Waals surface area contributed by atoms with E-state index in [-0.39, 0.29) is 12.2 Å². The highest BCUT2D eigenvalue weighted by Crippen LogP contribution is 2.43. The SMILES string of the molecule is Cc1cc(O)c2c(c1)OC(c1cc(O)c(O)c(O)c1)C(O)C2. The van der Waals surface area contributed by atoms with Gasteiger partial charge in [-0.25, -0.2) is 0 Å². The molecule has 0 spiro atoms. The molecule has 0 aromatic heterocycles. The summed E-state index contributed by atoms with van der Waals surface area (Å²) in [5.74, 6) is -1.11. The van der Waals surface area contributed by atoms with Crippen molar-refractivity contribution in [2.24, 2.45) is 0 Å². The lowest BCUT2D eigenvalue weighted by atomic mass is 9.93. The fourth-order valence-electron chi connectivity index (χ4n) is 2.69. The predicted molar refractivity (Wildman–Crippen MR) is 77.4 cm³/mol. The van der Waals surface area contributed by atoms with Crippen molar-refractivity contribution in [1.29, 1.82) is 0 Å². The number of aryl methyl sites for hydroxylation is 1. The molecule has 0 saturated carbocycles. The molecule has 0 aliphatic carbocycles. The number of rotatable bonds is 1. The summed E-state index contributed by atoms with van der Waals surface area (Å²) in [7, 11) is 0. The molecular weight excluding hydrogens is 288 g/mol. The van der Waals surface area contributed by atoms with Gasteiger partial charge in [0.25, 0.3) is 0 Å². The summed E-state index contributed by atoms with van der Waals surface area (Å²) in [6.07, 6.45) is -1.62. The van der Waals surface area contributed by atoms with E-state index in [1.54, 1.807) is 12.1 Å². The molecule has 2 aromatic carbocycles. The number of aromatic hydroxyl groups is 4. The molecule has 0 fully saturated rings. The molecule has 2 aromatic rings. The van der Waals surface area contributed by atoms with Crippen LogP contribution in [0.2, 0.25) is 0 Å². The van der Waals surface area contributed by atoms with Gasteiger partial charge in [-0.05, 0) is 36.8 Å². The first-order chi connectivity index (χ1) is 10.4. The normalized spacial score (nSPS) is 20.3. The van der Waals surface area contributed by atoms with Gasteiger partial charge in [0.15, 0.2) is 23.4 Å². The predicted octanol–water partition coefficient (Wildman–Crippen LogP) is 1.85. The molecule has 22 heavy (non-hydrogen) atoms. The van der Waals surface area contributed by atoms with Crippen molar-refractivity contribution in [3.8, 4) is 28.7 Å². The van der Waals surface area contributed by atoms with Gasteiger partial charge >= 0.3 is 0 Å². The molecule has 6 nitrogen and oxygen atoms in total. The van der Waals surface area contributed by atoms with Crippen LogP contribution in [-0.2, 0) is 6.42 Å². The van der Waals surface area contributed by atoms with Gasteiger partial charge in [0.2, 0.25) is 0 Å². The van der Waals surface area contributed by atoms with Gasteiger partial charge < -0.3 is 30.3 Å². The molecule has 5 N–H and O–H groups in total. The number of hydrogen-bond donors (Lipinski definition) is 5. The molecule has 0 radical (unpaired) electrons. The zero-order valence-electron chi connectivity index (χ0n) is 11.8. The lowest BCUT2D eigenvalue weighted by molar-refractivity contribution is 0.0197. The van der Waals surface area contributed by atoms with Crippen molar-refractivity contribution in [2.45, 2.75) is 25.6 Å². The monoisotopic (exact) mass is 304 g/mol. The molecule has 6 heteroatoms. The molecule has 1 heterocycles. The molecule has 2 unspecified atom stereocenters. The van der Waals surface area contributed by atoms with E-state index in [4.69, 9.17) is 4.74 Å². The second kappa shape index (κ2) is 4.99. The largest absolute Gasteiger partial charge is 0.508 e. The van der Waals surface area contributed by atoms with E-state index in [9.17, 15) is 25.5 Å². The van der Waals surface area contributed by atoms with Gasteiger partial charge in [-0.3, -0.25) is 0 Å². The quantitative estimate of drug-likeness (QED) is 0.514. The zero-order valence-corrected chi connectivity index (χ0v) is 11.8. The van der Waals surface area contributed by atoms with Crippen molar-refractivity contribution in [3.05, 3.63) is 41.0 Å². The number of benzene rings is 2. The van der Waals surface area contributed by atoms with Crippen molar-refractivity contribution < 1.29 is 30.3 Å². The second-order valence-corrected chi connectivity index (χ2v) is 5.48. The summed E-state index contributed by atoms with van der Waals surface area (Å²) in [5.41, 5.74) is 1.65. The van der Waals surface area contributed by atoms with E-state index < -0.39 is 29.5 Å². The summed E-state index contributed by atoms with van der Waals surface area (Å²) in [6, 6.07) is 5.79.